The fourth-order valence-electron chi connectivity index (χ4n) is 2.02. The average molecular weight is 337 g/mol. The Bertz CT molecular complexity index is 870. The van der Waals surface area contributed by atoms with Crippen molar-refractivity contribution < 1.29 is 17.2 Å². The maximum Gasteiger partial charge on any atom is 0.162 e. The van der Waals surface area contributed by atoms with Crippen molar-refractivity contribution in [2.75, 3.05) is 0 Å². The number of sulfone groups is 1. The third-order valence-electron chi connectivity index (χ3n) is 2.98. The molecule has 0 fully saturated rings. The molecular formula is C15H12FNO3S2. The van der Waals surface area contributed by atoms with Crippen LogP contribution in [0.3, 0.4) is 0 Å². The second kappa shape index (κ2) is 6.02. The molecule has 0 bridgehead atoms. The van der Waals surface area contributed by atoms with E-state index in [1.165, 1.54) is 35.8 Å². The van der Waals surface area contributed by atoms with Gasteiger partial charge in [0.05, 0.1) is 23.5 Å². The average Bonchev–Trinajstić information content (AvgIpc) is 3.11. The monoisotopic (exact) mass is 337 g/mol. The molecular weight excluding hydrogens is 325 g/mol. The summed E-state index contributed by atoms with van der Waals surface area (Å²) < 4.78 is 43.2. The van der Waals surface area contributed by atoms with Crippen LogP contribution in [0.2, 0.25) is 0 Å². The molecule has 0 radical (unpaired) electrons. The Labute approximate surface area is 131 Å². The van der Waals surface area contributed by atoms with E-state index in [0.717, 1.165) is 0 Å². The van der Waals surface area contributed by atoms with E-state index in [0.29, 0.717) is 16.5 Å². The fourth-order valence-corrected chi connectivity index (χ4v) is 4.32. The highest BCUT2D eigenvalue weighted by Gasteiger charge is 2.18. The molecule has 0 saturated heterocycles. The molecule has 3 aromatic rings. The molecule has 4 nitrogen and oxygen atoms in total. The van der Waals surface area contributed by atoms with Crippen LogP contribution < -0.4 is 0 Å². The predicted molar refractivity (Wildman–Crippen MR) is 82.5 cm³/mol. The molecule has 0 aliphatic carbocycles. The van der Waals surface area contributed by atoms with Crippen LogP contribution in [0.5, 0.6) is 0 Å². The summed E-state index contributed by atoms with van der Waals surface area (Å²) in [6.45, 7) is 0. The lowest BCUT2D eigenvalue weighted by Crippen LogP contribution is -2.09. The lowest BCUT2D eigenvalue weighted by atomic mass is 10.2. The summed E-state index contributed by atoms with van der Waals surface area (Å²) in [7, 11) is -3.49. The van der Waals surface area contributed by atoms with Crippen molar-refractivity contribution in [2.24, 2.45) is 0 Å². The first-order chi connectivity index (χ1) is 10.5. The largest absolute Gasteiger partial charge is 0.462 e. The molecule has 0 spiro atoms. The van der Waals surface area contributed by atoms with E-state index in [9.17, 15) is 12.8 Å². The smallest absolute Gasteiger partial charge is 0.162 e. The van der Waals surface area contributed by atoms with E-state index < -0.39 is 15.7 Å². The number of aromatic nitrogens is 1. The van der Waals surface area contributed by atoms with Crippen molar-refractivity contribution in [3.63, 3.8) is 0 Å². The first-order valence-corrected chi connectivity index (χ1v) is 9.16. The number of furan rings is 1. The number of benzene rings is 1. The molecule has 0 aliphatic rings. The van der Waals surface area contributed by atoms with Crippen LogP contribution in [-0.2, 0) is 21.3 Å². The summed E-state index contributed by atoms with van der Waals surface area (Å²) in [5, 5.41) is 2.30. The van der Waals surface area contributed by atoms with Crippen molar-refractivity contribution in [2.45, 2.75) is 11.5 Å². The van der Waals surface area contributed by atoms with Crippen molar-refractivity contribution in [3.05, 3.63) is 65.1 Å². The summed E-state index contributed by atoms with van der Waals surface area (Å²) in [5.41, 5.74) is 0.608. The van der Waals surface area contributed by atoms with E-state index >= 15 is 0 Å². The summed E-state index contributed by atoms with van der Waals surface area (Å²) in [4.78, 5) is 4.25. The third kappa shape index (κ3) is 3.42. The molecule has 0 saturated carbocycles. The van der Waals surface area contributed by atoms with Gasteiger partial charge in [-0.05, 0) is 18.2 Å². The van der Waals surface area contributed by atoms with Crippen LogP contribution >= 0.6 is 11.3 Å². The molecule has 3 rings (SSSR count). The molecule has 2 heterocycles. The van der Waals surface area contributed by atoms with Crippen molar-refractivity contribution >= 4 is 21.2 Å². The molecule has 114 valence electrons. The van der Waals surface area contributed by atoms with E-state index in [1.807, 2.05) is 0 Å². The van der Waals surface area contributed by atoms with E-state index in [1.54, 1.807) is 23.6 Å². The normalized spacial score (nSPS) is 11.7. The number of hydrogen-bond acceptors (Lipinski definition) is 5. The molecule has 0 N–H and O–H groups in total. The standard InChI is InChI=1S/C15H12FNO3S2/c16-13-5-2-1-4-11(13)9-22(18,19)10-12-8-21-15(17-12)14-6-3-7-20-14/h1-8H,9-10H2. The van der Waals surface area contributed by atoms with Crippen LogP contribution in [0.25, 0.3) is 10.8 Å². The summed E-state index contributed by atoms with van der Waals surface area (Å²) in [6.07, 6.45) is 1.53. The minimum Gasteiger partial charge on any atom is -0.462 e. The van der Waals surface area contributed by atoms with Gasteiger partial charge in [-0.1, -0.05) is 18.2 Å². The van der Waals surface area contributed by atoms with Gasteiger partial charge in [-0.15, -0.1) is 11.3 Å². The number of rotatable bonds is 5. The lowest BCUT2D eigenvalue weighted by Gasteiger charge is -2.04. The van der Waals surface area contributed by atoms with Gasteiger partial charge >= 0.3 is 0 Å². The highest BCUT2D eigenvalue weighted by Crippen LogP contribution is 2.25. The van der Waals surface area contributed by atoms with Gasteiger partial charge in [-0.25, -0.2) is 17.8 Å². The second-order valence-electron chi connectivity index (χ2n) is 4.74. The van der Waals surface area contributed by atoms with Crippen LogP contribution in [0.1, 0.15) is 11.3 Å². The number of hydrogen-bond donors (Lipinski definition) is 0. The van der Waals surface area contributed by atoms with Crippen LogP contribution in [0.15, 0.2) is 52.5 Å². The molecule has 22 heavy (non-hydrogen) atoms. The van der Waals surface area contributed by atoms with E-state index in [4.69, 9.17) is 4.42 Å². The zero-order valence-electron chi connectivity index (χ0n) is 11.4. The quantitative estimate of drug-likeness (QED) is 0.713. The van der Waals surface area contributed by atoms with Gasteiger partial charge in [-0.3, -0.25) is 0 Å². The second-order valence-corrected chi connectivity index (χ2v) is 7.67. The van der Waals surface area contributed by atoms with Crippen molar-refractivity contribution in [1.82, 2.24) is 4.98 Å². The third-order valence-corrected chi connectivity index (χ3v) is 5.38. The van der Waals surface area contributed by atoms with Gasteiger partial charge in [0.15, 0.2) is 20.6 Å². The van der Waals surface area contributed by atoms with Gasteiger partial charge in [0.25, 0.3) is 0 Å². The maximum atomic E-state index is 13.6. The molecule has 0 atom stereocenters. The number of halogens is 1. The highest BCUT2D eigenvalue weighted by molar-refractivity contribution is 7.89. The SMILES string of the molecule is O=S(=O)(Cc1csc(-c2ccco2)n1)Cc1ccccc1F. The van der Waals surface area contributed by atoms with Crippen LogP contribution in [0, 0.1) is 5.82 Å². The van der Waals surface area contributed by atoms with Crippen molar-refractivity contribution in [1.29, 1.82) is 0 Å². The Morgan fingerprint density at radius 3 is 2.68 bits per heavy atom. The molecule has 0 amide bonds. The minimum atomic E-state index is -3.49. The van der Waals surface area contributed by atoms with Crippen LogP contribution in [-0.4, -0.2) is 13.4 Å². The summed E-state index contributed by atoms with van der Waals surface area (Å²) in [5.74, 6) is -0.477. The number of nitrogens with zero attached hydrogens (tertiary/aromatic N) is 1. The molecule has 0 unspecified atom stereocenters. The van der Waals surface area contributed by atoms with Gasteiger partial charge < -0.3 is 4.42 Å². The summed E-state index contributed by atoms with van der Waals surface area (Å²) in [6, 6.07) is 9.38. The zero-order chi connectivity index (χ0) is 15.6. The van der Waals surface area contributed by atoms with Gasteiger partial charge in [0, 0.05) is 10.9 Å². The molecule has 2 aromatic heterocycles. The van der Waals surface area contributed by atoms with Gasteiger partial charge in [0.2, 0.25) is 0 Å². The molecule has 7 heteroatoms. The summed E-state index contributed by atoms with van der Waals surface area (Å²) >= 11 is 1.31. The van der Waals surface area contributed by atoms with Crippen LogP contribution in [0.4, 0.5) is 4.39 Å². The topological polar surface area (TPSA) is 60.2 Å². The molecule has 1 aromatic carbocycles. The Hall–Kier alpha value is -1.99. The fraction of sp³-hybridized carbons (Fsp3) is 0.133. The van der Waals surface area contributed by atoms with E-state index in [-0.39, 0.29) is 17.1 Å². The predicted octanol–water partition coefficient (Wildman–Crippen LogP) is 3.66. The zero-order valence-corrected chi connectivity index (χ0v) is 13.0. The first kappa shape index (κ1) is 14.9. The Morgan fingerprint density at radius 2 is 1.95 bits per heavy atom. The van der Waals surface area contributed by atoms with Gasteiger partial charge in [-0.2, -0.15) is 0 Å². The highest BCUT2D eigenvalue weighted by atomic mass is 32.2. The minimum absolute atomic E-state index is 0.170. The Balaban J connectivity index is 1.76. The molecule has 0 aliphatic heterocycles. The van der Waals surface area contributed by atoms with E-state index in [2.05, 4.69) is 4.98 Å². The lowest BCUT2D eigenvalue weighted by molar-refractivity contribution is 0.580. The Kier molecular flexibility index (Phi) is 4.08. The Morgan fingerprint density at radius 1 is 1.14 bits per heavy atom. The maximum absolute atomic E-state index is 13.6. The first-order valence-electron chi connectivity index (χ1n) is 6.46. The van der Waals surface area contributed by atoms with Crippen molar-refractivity contribution in [3.8, 4) is 10.8 Å². The van der Waals surface area contributed by atoms with Gasteiger partial charge in [0.1, 0.15) is 5.82 Å². The number of thiazole rings is 1.